The molecule has 0 radical (unpaired) electrons. The Balaban J connectivity index is 1.76. The molecule has 2 saturated carbocycles. The van der Waals surface area contributed by atoms with Crippen LogP contribution in [0.1, 0.15) is 53.4 Å². The van der Waals surface area contributed by atoms with E-state index in [9.17, 15) is 4.79 Å². The van der Waals surface area contributed by atoms with E-state index in [0.29, 0.717) is 12.0 Å². The molecule has 3 aliphatic rings. The summed E-state index contributed by atoms with van der Waals surface area (Å²) in [5.41, 5.74) is 6.22. The highest BCUT2D eigenvalue weighted by Gasteiger charge is 2.67. The van der Waals surface area contributed by atoms with Crippen molar-refractivity contribution in [1.29, 1.82) is 0 Å². The van der Waals surface area contributed by atoms with Gasteiger partial charge in [-0.15, -0.1) is 0 Å². The summed E-state index contributed by atoms with van der Waals surface area (Å²) in [6, 6.07) is 0.617. The van der Waals surface area contributed by atoms with Gasteiger partial charge in [0.05, 0.1) is 0 Å². The van der Waals surface area contributed by atoms with E-state index >= 15 is 0 Å². The lowest BCUT2D eigenvalue weighted by atomic mass is 9.41. The summed E-state index contributed by atoms with van der Waals surface area (Å²) in [6.45, 7) is 8.91. The molecule has 1 spiro atoms. The van der Waals surface area contributed by atoms with Crippen molar-refractivity contribution in [3.05, 3.63) is 0 Å². The number of carbonyl (C=O) groups is 1. The van der Waals surface area contributed by atoms with Crippen LogP contribution in [0.2, 0.25) is 0 Å². The van der Waals surface area contributed by atoms with Crippen molar-refractivity contribution < 1.29 is 9.53 Å². The van der Waals surface area contributed by atoms with Crippen molar-refractivity contribution in [3.8, 4) is 0 Å². The van der Waals surface area contributed by atoms with Gasteiger partial charge in [-0.25, -0.2) is 4.79 Å². The summed E-state index contributed by atoms with van der Waals surface area (Å²) >= 11 is 0. The van der Waals surface area contributed by atoms with E-state index in [2.05, 4.69) is 6.92 Å². The maximum atomic E-state index is 12.5. The summed E-state index contributed by atoms with van der Waals surface area (Å²) in [5, 5.41) is 0. The standard InChI is InChI=1S/C16H28N2O2/c1-10-8-16(9-10)12(17)11-6-5-7-18(13(11)16)14(19)20-15(2,3)4/h10-13H,5-9,17H2,1-4H3. The molecule has 1 saturated heterocycles. The van der Waals surface area contributed by atoms with Crippen molar-refractivity contribution in [2.45, 2.75) is 71.1 Å². The van der Waals surface area contributed by atoms with Gasteiger partial charge in [-0.05, 0) is 58.3 Å². The molecule has 0 aromatic carbocycles. The normalized spacial score (nSPS) is 43.5. The number of nitrogens with two attached hydrogens (primary N) is 1. The highest BCUT2D eigenvalue weighted by Crippen LogP contribution is 2.63. The molecule has 0 bridgehead atoms. The van der Waals surface area contributed by atoms with E-state index in [4.69, 9.17) is 10.5 Å². The zero-order valence-electron chi connectivity index (χ0n) is 13.2. The van der Waals surface area contributed by atoms with Crippen LogP contribution in [-0.4, -0.2) is 35.2 Å². The number of carbonyl (C=O) groups excluding carboxylic acids is 1. The molecule has 0 aromatic rings. The fraction of sp³-hybridized carbons (Fsp3) is 0.938. The Morgan fingerprint density at radius 1 is 1.35 bits per heavy atom. The van der Waals surface area contributed by atoms with Gasteiger partial charge in [-0.2, -0.15) is 0 Å². The minimum Gasteiger partial charge on any atom is -0.444 e. The summed E-state index contributed by atoms with van der Waals surface area (Å²) in [4.78, 5) is 14.5. The second kappa shape index (κ2) is 4.36. The lowest BCUT2D eigenvalue weighted by molar-refractivity contribution is -0.182. The van der Waals surface area contributed by atoms with Crippen LogP contribution in [0.5, 0.6) is 0 Å². The third-order valence-electron chi connectivity index (χ3n) is 5.48. The third kappa shape index (κ3) is 1.95. The van der Waals surface area contributed by atoms with Gasteiger partial charge in [-0.1, -0.05) is 6.92 Å². The molecule has 3 atom stereocenters. The monoisotopic (exact) mass is 280 g/mol. The Hall–Kier alpha value is -0.770. The fourth-order valence-corrected chi connectivity index (χ4v) is 4.92. The maximum absolute atomic E-state index is 12.5. The highest BCUT2D eigenvalue weighted by atomic mass is 16.6. The highest BCUT2D eigenvalue weighted by molar-refractivity contribution is 5.69. The number of fused-ring (bicyclic) bond motifs is 2. The van der Waals surface area contributed by atoms with Crippen LogP contribution in [0.25, 0.3) is 0 Å². The van der Waals surface area contributed by atoms with E-state index in [0.717, 1.165) is 18.9 Å². The SMILES string of the molecule is CC1CC2(C1)C(N)C1CCCN(C(=O)OC(C)(C)C)C12. The summed E-state index contributed by atoms with van der Waals surface area (Å²) in [7, 11) is 0. The maximum Gasteiger partial charge on any atom is 0.410 e. The summed E-state index contributed by atoms with van der Waals surface area (Å²) in [5.74, 6) is 1.24. The molecule has 3 fully saturated rings. The molecule has 4 nitrogen and oxygen atoms in total. The van der Waals surface area contributed by atoms with Crippen LogP contribution >= 0.6 is 0 Å². The predicted octanol–water partition coefficient (Wildman–Crippen LogP) is 2.76. The number of amides is 1. The molecular weight excluding hydrogens is 252 g/mol. The van der Waals surface area contributed by atoms with Crippen LogP contribution in [0.15, 0.2) is 0 Å². The minimum atomic E-state index is -0.421. The van der Waals surface area contributed by atoms with Gasteiger partial charge in [0, 0.05) is 24.0 Å². The lowest BCUT2D eigenvalue weighted by Gasteiger charge is -2.70. The predicted molar refractivity (Wildman–Crippen MR) is 78.3 cm³/mol. The van der Waals surface area contributed by atoms with Gasteiger partial charge >= 0.3 is 6.09 Å². The Labute approximate surface area is 122 Å². The van der Waals surface area contributed by atoms with E-state index in [1.54, 1.807) is 0 Å². The Kier molecular flexibility index (Phi) is 3.09. The second-order valence-corrected chi connectivity index (χ2v) is 8.20. The van der Waals surface area contributed by atoms with Crippen molar-refractivity contribution >= 4 is 6.09 Å². The van der Waals surface area contributed by atoms with Crippen LogP contribution in [0.4, 0.5) is 4.79 Å². The van der Waals surface area contributed by atoms with Gasteiger partial charge in [0.2, 0.25) is 0 Å². The molecule has 1 aliphatic heterocycles. The summed E-state index contributed by atoms with van der Waals surface area (Å²) < 4.78 is 5.60. The number of ether oxygens (including phenoxy) is 1. The minimum absolute atomic E-state index is 0.141. The van der Waals surface area contributed by atoms with Gasteiger partial charge in [0.15, 0.2) is 0 Å². The first-order chi connectivity index (χ1) is 9.24. The van der Waals surface area contributed by atoms with Crippen molar-refractivity contribution in [2.75, 3.05) is 6.54 Å². The molecular formula is C16H28N2O2. The van der Waals surface area contributed by atoms with E-state index in [1.807, 2.05) is 25.7 Å². The van der Waals surface area contributed by atoms with E-state index in [-0.39, 0.29) is 17.6 Å². The first-order valence-corrected chi connectivity index (χ1v) is 8.00. The van der Waals surface area contributed by atoms with Crippen molar-refractivity contribution in [2.24, 2.45) is 23.0 Å². The fourth-order valence-electron chi connectivity index (χ4n) is 4.92. The Morgan fingerprint density at radius 2 is 2.00 bits per heavy atom. The van der Waals surface area contributed by atoms with Gasteiger partial charge in [0.1, 0.15) is 5.60 Å². The number of hydrogen-bond donors (Lipinski definition) is 1. The number of nitrogens with zero attached hydrogens (tertiary/aromatic N) is 1. The third-order valence-corrected chi connectivity index (χ3v) is 5.48. The van der Waals surface area contributed by atoms with Gasteiger partial charge in [-0.3, -0.25) is 0 Å². The molecule has 2 N–H and O–H groups in total. The van der Waals surface area contributed by atoms with Crippen LogP contribution in [0, 0.1) is 17.3 Å². The molecule has 3 rings (SSSR count). The largest absolute Gasteiger partial charge is 0.444 e. The topological polar surface area (TPSA) is 55.6 Å². The number of likely N-dealkylation sites (tertiary alicyclic amines) is 1. The van der Waals surface area contributed by atoms with Crippen molar-refractivity contribution in [3.63, 3.8) is 0 Å². The van der Waals surface area contributed by atoms with Crippen LogP contribution in [0.3, 0.4) is 0 Å². The number of rotatable bonds is 0. The molecule has 20 heavy (non-hydrogen) atoms. The molecule has 1 amide bonds. The quantitative estimate of drug-likeness (QED) is 0.742. The average Bonchev–Trinajstić information content (AvgIpc) is 2.31. The van der Waals surface area contributed by atoms with Gasteiger partial charge in [0.25, 0.3) is 0 Å². The van der Waals surface area contributed by atoms with Crippen LogP contribution in [-0.2, 0) is 4.74 Å². The summed E-state index contributed by atoms with van der Waals surface area (Å²) in [6.07, 6.45) is 4.43. The molecule has 1 heterocycles. The Bertz CT molecular complexity index is 409. The average molecular weight is 280 g/mol. The molecule has 3 unspecified atom stereocenters. The second-order valence-electron chi connectivity index (χ2n) is 8.20. The number of piperidine rings is 1. The zero-order valence-corrected chi connectivity index (χ0v) is 13.2. The van der Waals surface area contributed by atoms with Crippen LogP contribution < -0.4 is 5.73 Å². The first-order valence-electron chi connectivity index (χ1n) is 8.00. The first kappa shape index (κ1) is 14.2. The van der Waals surface area contributed by atoms with Crippen molar-refractivity contribution in [1.82, 2.24) is 4.90 Å². The number of hydrogen-bond acceptors (Lipinski definition) is 3. The Morgan fingerprint density at radius 3 is 2.55 bits per heavy atom. The van der Waals surface area contributed by atoms with E-state index < -0.39 is 5.60 Å². The molecule has 0 aromatic heterocycles. The van der Waals surface area contributed by atoms with E-state index in [1.165, 1.54) is 19.3 Å². The molecule has 4 heteroatoms. The zero-order chi connectivity index (χ0) is 14.7. The smallest absolute Gasteiger partial charge is 0.410 e. The molecule has 114 valence electrons. The van der Waals surface area contributed by atoms with Gasteiger partial charge < -0.3 is 15.4 Å². The molecule has 2 aliphatic carbocycles. The lowest BCUT2D eigenvalue weighted by Crippen LogP contribution is -2.78.